The first kappa shape index (κ1) is 17.5. The first-order valence-electron chi connectivity index (χ1n) is 7.78. The standard InChI is InChI=1S/C15H24N6OS/c1-9(2)18-13-12-8-17-21(7-6-16-11(5)22)14(12)20-15(19-13)23-10(3)4/h8-10H,6-7H2,1-5H3,(H,16,22)(H,18,19,20). The molecule has 0 saturated carbocycles. The van der Waals surface area contributed by atoms with Crippen LogP contribution in [0.3, 0.4) is 0 Å². The van der Waals surface area contributed by atoms with Gasteiger partial charge in [0.05, 0.1) is 18.1 Å². The van der Waals surface area contributed by atoms with Crippen LogP contribution in [0.4, 0.5) is 5.82 Å². The Balaban J connectivity index is 2.36. The number of anilines is 1. The second kappa shape index (κ2) is 7.63. The SMILES string of the molecule is CC(=O)NCCn1ncc2c(NC(C)C)nc(SC(C)C)nc21. The van der Waals surface area contributed by atoms with E-state index in [9.17, 15) is 4.79 Å². The summed E-state index contributed by atoms with van der Waals surface area (Å²) >= 11 is 1.62. The summed E-state index contributed by atoms with van der Waals surface area (Å²) < 4.78 is 1.81. The highest BCUT2D eigenvalue weighted by Gasteiger charge is 2.14. The summed E-state index contributed by atoms with van der Waals surface area (Å²) in [5.41, 5.74) is 0.789. The lowest BCUT2D eigenvalue weighted by Gasteiger charge is -2.12. The molecular formula is C15H24N6OS. The zero-order chi connectivity index (χ0) is 17.0. The molecule has 2 aromatic rings. The molecule has 8 heteroatoms. The van der Waals surface area contributed by atoms with E-state index in [1.54, 1.807) is 18.0 Å². The molecule has 0 aliphatic heterocycles. The largest absolute Gasteiger partial charge is 0.367 e. The number of thioether (sulfide) groups is 1. The average molecular weight is 336 g/mol. The van der Waals surface area contributed by atoms with E-state index in [4.69, 9.17) is 0 Å². The third kappa shape index (κ3) is 4.82. The Bertz CT molecular complexity index is 682. The molecule has 7 nitrogen and oxygen atoms in total. The van der Waals surface area contributed by atoms with Crippen LogP contribution in [0, 0.1) is 0 Å². The number of hydrogen-bond donors (Lipinski definition) is 2. The van der Waals surface area contributed by atoms with Crippen molar-refractivity contribution in [3.8, 4) is 0 Å². The topological polar surface area (TPSA) is 84.7 Å². The van der Waals surface area contributed by atoms with Crippen LogP contribution >= 0.6 is 11.8 Å². The minimum atomic E-state index is -0.0469. The van der Waals surface area contributed by atoms with Crippen LogP contribution in [0.1, 0.15) is 34.6 Å². The maximum atomic E-state index is 11.0. The van der Waals surface area contributed by atoms with Crippen LogP contribution in [0.15, 0.2) is 11.4 Å². The molecule has 23 heavy (non-hydrogen) atoms. The number of carbonyl (C=O) groups excluding carboxylic acids is 1. The molecule has 0 spiro atoms. The molecular weight excluding hydrogens is 312 g/mol. The smallest absolute Gasteiger partial charge is 0.216 e. The number of nitrogens with zero attached hydrogens (tertiary/aromatic N) is 4. The van der Waals surface area contributed by atoms with Crippen LogP contribution in [-0.4, -0.2) is 43.5 Å². The van der Waals surface area contributed by atoms with Gasteiger partial charge in [0.15, 0.2) is 10.8 Å². The van der Waals surface area contributed by atoms with Crippen molar-refractivity contribution in [2.75, 3.05) is 11.9 Å². The Morgan fingerprint density at radius 1 is 1.30 bits per heavy atom. The lowest BCUT2D eigenvalue weighted by Crippen LogP contribution is -2.24. The highest BCUT2D eigenvalue weighted by molar-refractivity contribution is 7.99. The molecule has 2 rings (SSSR count). The minimum absolute atomic E-state index is 0.0469. The van der Waals surface area contributed by atoms with E-state index < -0.39 is 0 Å². The fourth-order valence-corrected chi connectivity index (χ4v) is 2.79. The minimum Gasteiger partial charge on any atom is -0.367 e. The number of rotatable bonds is 7. The highest BCUT2D eigenvalue weighted by Crippen LogP contribution is 2.26. The van der Waals surface area contributed by atoms with Gasteiger partial charge in [-0.1, -0.05) is 25.6 Å². The fraction of sp³-hybridized carbons (Fsp3) is 0.600. The molecule has 0 bridgehead atoms. The van der Waals surface area contributed by atoms with Crippen LogP contribution < -0.4 is 10.6 Å². The predicted octanol–water partition coefficient (Wildman–Crippen LogP) is 2.28. The molecule has 0 unspecified atom stereocenters. The second-order valence-corrected chi connectivity index (χ2v) is 7.45. The number of aromatic nitrogens is 4. The van der Waals surface area contributed by atoms with Crippen molar-refractivity contribution in [3.05, 3.63) is 6.20 Å². The predicted molar refractivity (Wildman–Crippen MR) is 93.8 cm³/mol. The van der Waals surface area contributed by atoms with Gasteiger partial charge in [-0.15, -0.1) is 0 Å². The third-order valence-electron chi connectivity index (χ3n) is 2.94. The molecule has 2 aromatic heterocycles. The van der Waals surface area contributed by atoms with E-state index >= 15 is 0 Å². The van der Waals surface area contributed by atoms with Crippen LogP contribution in [-0.2, 0) is 11.3 Å². The molecule has 0 radical (unpaired) electrons. The zero-order valence-corrected chi connectivity index (χ0v) is 15.1. The molecule has 0 saturated heterocycles. The lowest BCUT2D eigenvalue weighted by atomic mass is 10.3. The van der Waals surface area contributed by atoms with Gasteiger partial charge < -0.3 is 10.6 Å². The van der Waals surface area contributed by atoms with Crippen LogP contribution in [0.25, 0.3) is 11.0 Å². The summed E-state index contributed by atoms with van der Waals surface area (Å²) in [7, 11) is 0. The Morgan fingerprint density at radius 2 is 2.04 bits per heavy atom. The van der Waals surface area contributed by atoms with E-state index in [0.717, 1.165) is 22.0 Å². The number of hydrogen-bond acceptors (Lipinski definition) is 6. The highest BCUT2D eigenvalue weighted by atomic mass is 32.2. The quantitative estimate of drug-likeness (QED) is 0.596. The van der Waals surface area contributed by atoms with Gasteiger partial charge in [-0.25, -0.2) is 14.6 Å². The molecule has 0 aliphatic rings. The van der Waals surface area contributed by atoms with Gasteiger partial charge in [-0.05, 0) is 13.8 Å². The van der Waals surface area contributed by atoms with Gasteiger partial charge in [0, 0.05) is 24.8 Å². The molecule has 2 heterocycles. The Kier molecular flexibility index (Phi) is 5.81. The van der Waals surface area contributed by atoms with Crippen molar-refractivity contribution in [1.82, 2.24) is 25.1 Å². The summed E-state index contributed by atoms with van der Waals surface area (Å²) in [5, 5.41) is 12.6. The molecule has 0 aromatic carbocycles. The number of amides is 1. The molecule has 0 fully saturated rings. The average Bonchev–Trinajstić information content (AvgIpc) is 2.80. The maximum Gasteiger partial charge on any atom is 0.216 e. The number of carbonyl (C=O) groups is 1. The number of fused-ring (bicyclic) bond motifs is 1. The molecule has 0 aliphatic carbocycles. The lowest BCUT2D eigenvalue weighted by molar-refractivity contribution is -0.118. The van der Waals surface area contributed by atoms with Gasteiger partial charge in [0.2, 0.25) is 5.91 Å². The van der Waals surface area contributed by atoms with Gasteiger partial charge in [-0.2, -0.15) is 5.10 Å². The van der Waals surface area contributed by atoms with Crippen molar-refractivity contribution in [1.29, 1.82) is 0 Å². The van der Waals surface area contributed by atoms with E-state index in [0.29, 0.717) is 18.3 Å². The van der Waals surface area contributed by atoms with E-state index in [1.165, 1.54) is 6.92 Å². The summed E-state index contributed by atoms with van der Waals surface area (Å²) in [6.45, 7) is 11.0. The van der Waals surface area contributed by atoms with Gasteiger partial charge in [0.1, 0.15) is 5.82 Å². The van der Waals surface area contributed by atoms with Gasteiger partial charge >= 0.3 is 0 Å². The van der Waals surface area contributed by atoms with E-state index in [2.05, 4.69) is 53.4 Å². The Morgan fingerprint density at radius 3 is 2.65 bits per heavy atom. The zero-order valence-electron chi connectivity index (χ0n) is 14.3. The van der Waals surface area contributed by atoms with Crippen molar-refractivity contribution < 1.29 is 4.79 Å². The van der Waals surface area contributed by atoms with Crippen molar-refractivity contribution >= 4 is 34.5 Å². The fourth-order valence-electron chi connectivity index (χ4n) is 2.08. The first-order chi connectivity index (χ1) is 10.9. The molecule has 126 valence electrons. The summed E-state index contributed by atoms with van der Waals surface area (Å²) in [6.07, 6.45) is 1.78. The summed E-state index contributed by atoms with van der Waals surface area (Å²) in [5.74, 6) is 0.758. The monoisotopic (exact) mass is 336 g/mol. The summed E-state index contributed by atoms with van der Waals surface area (Å²) in [4.78, 5) is 20.3. The maximum absolute atomic E-state index is 11.0. The van der Waals surface area contributed by atoms with Crippen LogP contribution in [0.5, 0.6) is 0 Å². The first-order valence-corrected chi connectivity index (χ1v) is 8.66. The van der Waals surface area contributed by atoms with Crippen molar-refractivity contribution in [3.63, 3.8) is 0 Å². The van der Waals surface area contributed by atoms with Crippen LogP contribution in [0.2, 0.25) is 0 Å². The van der Waals surface area contributed by atoms with E-state index in [1.807, 2.05) is 4.68 Å². The molecule has 2 N–H and O–H groups in total. The van der Waals surface area contributed by atoms with Gasteiger partial charge in [0.25, 0.3) is 0 Å². The van der Waals surface area contributed by atoms with Crippen molar-refractivity contribution in [2.45, 2.75) is 57.6 Å². The van der Waals surface area contributed by atoms with Crippen molar-refractivity contribution in [2.24, 2.45) is 0 Å². The second-order valence-electron chi connectivity index (χ2n) is 5.91. The third-order valence-corrected chi connectivity index (χ3v) is 3.80. The van der Waals surface area contributed by atoms with E-state index in [-0.39, 0.29) is 11.9 Å². The normalized spacial score (nSPS) is 11.4. The summed E-state index contributed by atoms with van der Waals surface area (Å²) in [6, 6.07) is 0.271. The Labute approximate surface area is 140 Å². The number of nitrogens with one attached hydrogen (secondary N) is 2. The molecule has 0 atom stereocenters. The Hall–Kier alpha value is -1.83. The molecule has 1 amide bonds. The van der Waals surface area contributed by atoms with Gasteiger partial charge in [-0.3, -0.25) is 4.79 Å².